The molecule has 0 saturated heterocycles. The van der Waals surface area contributed by atoms with Gasteiger partial charge in [0.2, 0.25) is 11.8 Å². The Labute approximate surface area is 120 Å². The van der Waals surface area contributed by atoms with Crippen LogP contribution >= 0.6 is 12.4 Å². The highest BCUT2D eigenvalue weighted by Gasteiger charge is 2.13. The molecule has 0 heterocycles. The number of halogens is 1. The van der Waals surface area contributed by atoms with E-state index in [0.717, 1.165) is 6.42 Å². The number of ether oxygens (including phenoxy) is 2. The van der Waals surface area contributed by atoms with Crippen LogP contribution in [0.4, 0.5) is 0 Å². The molecule has 114 valence electrons. The SMILES string of the molecule is COCCCN(CCOC)C(=O)CNC(=O)CN.Cl. The van der Waals surface area contributed by atoms with Crippen molar-refractivity contribution in [2.45, 2.75) is 6.42 Å². The van der Waals surface area contributed by atoms with Crippen molar-refractivity contribution in [1.29, 1.82) is 0 Å². The zero-order chi connectivity index (χ0) is 13.8. The molecule has 19 heavy (non-hydrogen) atoms. The van der Waals surface area contributed by atoms with Crippen molar-refractivity contribution in [3.05, 3.63) is 0 Å². The van der Waals surface area contributed by atoms with Gasteiger partial charge in [0.25, 0.3) is 0 Å². The van der Waals surface area contributed by atoms with Crippen LogP contribution in [0.5, 0.6) is 0 Å². The van der Waals surface area contributed by atoms with E-state index in [1.165, 1.54) is 0 Å². The van der Waals surface area contributed by atoms with Crippen molar-refractivity contribution in [1.82, 2.24) is 10.2 Å². The average molecular weight is 298 g/mol. The fraction of sp³-hybridized carbons (Fsp3) is 0.818. The summed E-state index contributed by atoms with van der Waals surface area (Å²) >= 11 is 0. The third-order valence-corrected chi connectivity index (χ3v) is 2.32. The molecule has 0 unspecified atom stereocenters. The van der Waals surface area contributed by atoms with E-state index in [4.69, 9.17) is 15.2 Å². The fourth-order valence-electron chi connectivity index (χ4n) is 1.32. The van der Waals surface area contributed by atoms with E-state index in [1.54, 1.807) is 19.1 Å². The predicted molar refractivity (Wildman–Crippen MR) is 74.3 cm³/mol. The second-order valence-corrected chi connectivity index (χ2v) is 3.70. The number of amides is 2. The van der Waals surface area contributed by atoms with Crippen LogP contribution in [0.1, 0.15) is 6.42 Å². The number of carbonyl (C=O) groups is 2. The lowest BCUT2D eigenvalue weighted by atomic mass is 10.3. The molecule has 0 aliphatic carbocycles. The number of rotatable bonds is 10. The normalized spacial score (nSPS) is 9.63. The molecule has 0 aliphatic rings. The maximum atomic E-state index is 11.8. The van der Waals surface area contributed by atoms with Gasteiger partial charge in [0.15, 0.2) is 0 Å². The van der Waals surface area contributed by atoms with Crippen LogP contribution in [0.15, 0.2) is 0 Å². The zero-order valence-electron chi connectivity index (χ0n) is 11.5. The van der Waals surface area contributed by atoms with Crippen LogP contribution in [0, 0.1) is 0 Å². The van der Waals surface area contributed by atoms with E-state index in [1.807, 2.05) is 0 Å². The third kappa shape index (κ3) is 10.7. The number of hydrogen-bond acceptors (Lipinski definition) is 5. The van der Waals surface area contributed by atoms with Crippen molar-refractivity contribution >= 4 is 24.2 Å². The molecular weight excluding hydrogens is 274 g/mol. The highest BCUT2D eigenvalue weighted by atomic mass is 35.5. The second kappa shape index (κ2) is 13.5. The zero-order valence-corrected chi connectivity index (χ0v) is 12.3. The average Bonchev–Trinajstić information content (AvgIpc) is 2.39. The lowest BCUT2D eigenvalue weighted by Crippen LogP contribution is -2.43. The van der Waals surface area contributed by atoms with Crippen LogP contribution in [-0.4, -0.2) is 70.3 Å². The molecule has 0 atom stereocenters. The minimum absolute atomic E-state index is 0. The second-order valence-electron chi connectivity index (χ2n) is 3.70. The van der Waals surface area contributed by atoms with E-state index in [2.05, 4.69) is 5.32 Å². The van der Waals surface area contributed by atoms with Gasteiger partial charge in [-0.05, 0) is 6.42 Å². The molecule has 2 amide bonds. The van der Waals surface area contributed by atoms with E-state index in [9.17, 15) is 9.59 Å². The van der Waals surface area contributed by atoms with Crippen molar-refractivity contribution in [3.8, 4) is 0 Å². The lowest BCUT2D eigenvalue weighted by molar-refractivity contribution is -0.133. The predicted octanol–water partition coefficient (Wildman–Crippen LogP) is -1.01. The molecule has 8 heteroatoms. The molecule has 0 saturated carbocycles. The van der Waals surface area contributed by atoms with Gasteiger partial charge in [-0.15, -0.1) is 12.4 Å². The van der Waals surface area contributed by atoms with Crippen molar-refractivity contribution in [2.75, 3.05) is 53.6 Å². The molecular formula is C11H24ClN3O4. The summed E-state index contributed by atoms with van der Waals surface area (Å²) in [6, 6.07) is 0. The lowest BCUT2D eigenvalue weighted by Gasteiger charge is -2.22. The fourth-order valence-corrected chi connectivity index (χ4v) is 1.32. The van der Waals surface area contributed by atoms with Gasteiger partial charge in [0, 0.05) is 33.9 Å². The number of nitrogens with two attached hydrogens (primary N) is 1. The first-order valence-corrected chi connectivity index (χ1v) is 5.88. The summed E-state index contributed by atoms with van der Waals surface area (Å²) < 4.78 is 9.88. The molecule has 7 nitrogen and oxygen atoms in total. The van der Waals surface area contributed by atoms with Gasteiger partial charge < -0.3 is 25.4 Å². The van der Waals surface area contributed by atoms with E-state index >= 15 is 0 Å². The monoisotopic (exact) mass is 297 g/mol. The smallest absolute Gasteiger partial charge is 0.242 e. The molecule has 0 aromatic rings. The minimum atomic E-state index is -0.341. The van der Waals surface area contributed by atoms with Gasteiger partial charge in [0.05, 0.1) is 19.7 Å². The van der Waals surface area contributed by atoms with Gasteiger partial charge in [-0.1, -0.05) is 0 Å². The third-order valence-electron chi connectivity index (χ3n) is 2.32. The molecule has 0 fully saturated rings. The van der Waals surface area contributed by atoms with Gasteiger partial charge >= 0.3 is 0 Å². The summed E-state index contributed by atoms with van der Waals surface area (Å²) in [4.78, 5) is 24.4. The Hall–Kier alpha value is -0.890. The quantitative estimate of drug-likeness (QED) is 0.504. The van der Waals surface area contributed by atoms with E-state index in [0.29, 0.717) is 26.3 Å². The topological polar surface area (TPSA) is 93.9 Å². The van der Waals surface area contributed by atoms with E-state index in [-0.39, 0.29) is 37.3 Å². The number of hydrogen-bond donors (Lipinski definition) is 2. The molecule has 0 bridgehead atoms. The Kier molecular flexibility index (Phi) is 14.6. The summed E-state index contributed by atoms with van der Waals surface area (Å²) in [7, 11) is 3.19. The van der Waals surface area contributed by atoms with Crippen LogP contribution in [-0.2, 0) is 19.1 Å². The van der Waals surface area contributed by atoms with Crippen molar-refractivity contribution < 1.29 is 19.1 Å². The number of nitrogens with zero attached hydrogens (tertiary/aromatic N) is 1. The molecule has 3 N–H and O–H groups in total. The number of methoxy groups -OCH3 is 2. The Morgan fingerprint density at radius 3 is 2.32 bits per heavy atom. The highest BCUT2D eigenvalue weighted by molar-refractivity contribution is 5.85. The molecule has 0 aromatic heterocycles. The Morgan fingerprint density at radius 1 is 1.16 bits per heavy atom. The summed E-state index contributed by atoms with van der Waals surface area (Å²) in [5, 5.41) is 2.45. The van der Waals surface area contributed by atoms with Gasteiger partial charge in [-0.3, -0.25) is 9.59 Å². The first-order valence-electron chi connectivity index (χ1n) is 5.88. The Morgan fingerprint density at radius 2 is 1.79 bits per heavy atom. The maximum Gasteiger partial charge on any atom is 0.242 e. The summed E-state index contributed by atoms with van der Waals surface area (Å²) in [5.74, 6) is -0.489. The molecule has 0 rings (SSSR count). The Balaban J connectivity index is 0. The van der Waals surface area contributed by atoms with Crippen molar-refractivity contribution in [2.24, 2.45) is 5.73 Å². The number of carbonyl (C=O) groups excluding carboxylic acids is 2. The summed E-state index contributed by atoms with van der Waals surface area (Å²) in [6.45, 7) is 1.98. The van der Waals surface area contributed by atoms with Gasteiger partial charge in [-0.2, -0.15) is 0 Å². The summed E-state index contributed by atoms with van der Waals surface area (Å²) in [6.07, 6.45) is 0.747. The summed E-state index contributed by atoms with van der Waals surface area (Å²) in [5.41, 5.74) is 5.14. The van der Waals surface area contributed by atoms with Crippen LogP contribution in [0.2, 0.25) is 0 Å². The van der Waals surface area contributed by atoms with Crippen LogP contribution in [0.3, 0.4) is 0 Å². The molecule has 0 spiro atoms. The first kappa shape index (κ1) is 20.4. The highest BCUT2D eigenvalue weighted by Crippen LogP contribution is 1.94. The standard InChI is InChI=1S/C11H23N3O4.ClH/c1-17-6-3-4-14(5-7-18-2)11(16)9-13-10(15)8-12;/h3-9,12H2,1-2H3,(H,13,15);1H. The van der Waals surface area contributed by atoms with Crippen LogP contribution in [0.25, 0.3) is 0 Å². The van der Waals surface area contributed by atoms with E-state index < -0.39 is 0 Å². The van der Waals surface area contributed by atoms with Crippen molar-refractivity contribution in [3.63, 3.8) is 0 Å². The van der Waals surface area contributed by atoms with Gasteiger partial charge in [0.1, 0.15) is 0 Å². The van der Waals surface area contributed by atoms with Gasteiger partial charge in [-0.25, -0.2) is 0 Å². The van der Waals surface area contributed by atoms with Crippen LogP contribution < -0.4 is 11.1 Å². The molecule has 0 aromatic carbocycles. The molecule has 0 radical (unpaired) electrons. The number of nitrogens with one attached hydrogen (secondary N) is 1. The molecule has 0 aliphatic heterocycles. The maximum absolute atomic E-state index is 11.8. The largest absolute Gasteiger partial charge is 0.385 e. The minimum Gasteiger partial charge on any atom is -0.385 e. The Bertz CT molecular complexity index is 254. The first-order chi connectivity index (χ1) is 8.65.